The van der Waals surface area contributed by atoms with Gasteiger partial charge in [0, 0.05) is 18.2 Å². The van der Waals surface area contributed by atoms with E-state index in [1.54, 1.807) is 12.3 Å². The molecular formula is C31H43NO3. The van der Waals surface area contributed by atoms with Gasteiger partial charge in [-0.15, -0.1) is 0 Å². The number of nitrogens with zero attached hydrogens (tertiary/aromatic N) is 1. The summed E-state index contributed by atoms with van der Waals surface area (Å²) in [7, 11) is 0. The largest absolute Gasteiger partial charge is 0.494 e. The van der Waals surface area contributed by atoms with E-state index in [0.717, 1.165) is 36.3 Å². The van der Waals surface area contributed by atoms with Gasteiger partial charge in [-0.1, -0.05) is 96.0 Å². The van der Waals surface area contributed by atoms with Crippen LogP contribution in [0.3, 0.4) is 0 Å². The summed E-state index contributed by atoms with van der Waals surface area (Å²) in [6, 6.07) is 17.6. The average molecular weight is 478 g/mol. The van der Waals surface area contributed by atoms with Crippen LogP contribution in [-0.4, -0.2) is 25.0 Å². The number of esters is 1. The summed E-state index contributed by atoms with van der Waals surface area (Å²) < 4.78 is 11.5. The molecule has 4 heteroatoms. The molecule has 0 saturated heterocycles. The van der Waals surface area contributed by atoms with Crippen molar-refractivity contribution < 1.29 is 14.3 Å². The molecule has 0 bridgehead atoms. The van der Waals surface area contributed by atoms with E-state index in [9.17, 15) is 4.79 Å². The maximum absolute atomic E-state index is 12.3. The zero-order valence-electron chi connectivity index (χ0n) is 21.8. The van der Waals surface area contributed by atoms with Gasteiger partial charge in [-0.2, -0.15) is 0 Å². The van der Waals surface area contributed by atoms with Crippen molar-refractivity contribution in [3.05, 3.63) is 71.8 Å². The summed E-state index contributed by atoms with van der Waals surface area (Å²) in [5.74, 6) is 0.608. The van der Waals surface area contributed by atoms with Gasteiger partial charge >= 0.3 is 5.97 Å². The molecule has 0 aromatic heterocycles. The van der Waals surface area contributed by atoms with Crippen LogP contribution in [0.25, 0.3) is 6.08 Å². The van der Waals surface area contributed by atoms with Gasteiger partial charge in [0.2, 0.25) is 0 Å². The third kappa shape index (κ3) is 12.4. The van der Waals surface area contributed by atoms with Gasteiger partial charge in [0.25, 0.3) is 0 Å². The maximum atomic E-state index is 12.3. The SMILES string of the molecule is CCCCCCCCCCOc1ccc(C=NC(OC(=O)C=Cc2ccccc2)C(C)CC)cc1. The maximum Gasteiger partial charge on any atom is 0.332 e. The summed E-state index contributed by atoms with van der Waals surface area (Å²) in [5.41, 5.74) is 1.91. The fourth-order valence-corrected chi connectivity index (χ4v) is 3.62. The molecule has 2 atom stereocenters. The lowest BCUT2D eigenvalue weighted by atomic mass is 10.1. The van der Waals surface area contributed by atoms with Gasteiger partial charge in [-0.25, -0.2) is 9.79 Å². The first-order valence-corrected chi connectivity index (χ1v) is 13.3. The Labute approximate surface area is 212 Å². The molecule has 35 heavy (non-hydrogen) atoms. The molecule has 0 heterocycles. The zero-order chi connectivity index (χ0) is 25.1. The van der Waals surface area contributed by atoms with E-state index in [1.165, 1.54) is 51.0 Å². The minimum atomic E-state index is -0.522. The van der Waals surface area contributed by atoms with E-state index in [0.29, 0.717) is 0 Å². The van der Waals surface area contributed by atoms with Crippen LogP contribution in [0.4, 0.5) is 0 Å². The molecule has 0 aliphatic heterocycles. The monoisotopic (exact) mass is 477 g/mol. The predicted octanol–water partition coefficient (Wildman–Crippen LogP) is 8.25. The van der Waals surface area contributed by atoms with E-state index in [4.69, 9.17) is 9.47 Å². The number of hydrogen-bond acceptors (Lipinski definition) is 4. The molecule has 0 radical (unpaired) electrons. The van der Waals surface area contributed by atoms with Crippen molar-refractivity contribution in [3.63, 3.8) is 0 Å². The topological polar surface area (TPSA) is 47.9 Å². The van der Waals surface area contributed by atoms with Crippen molar-refractivity contribution in [3.8, 4) is 5.75 Å². The molecule has 0 spiro atoms. The molecule has 0 aliphatic rings. The first-order chi connectivity index (χ1) is 17.1. The van der Waals surface area contributed by atoms with Crippen LogP contribution in [0.15, 0.2) is 65.7 Å². The van der Waals surface area contributed by atoms with Gasteiger partial charge in [0.05, 0.1) is 6.61 Å². The molecule has 2 rings (SSSR count). The summed E-state index contributed by atoms with van der Waals surface area (Å²) in [6.45, 7) is 7.12. The third-order valence-electron chi connectivity index (χ3n) is 6.10. The number of carbonyl (C=O) groups is 1. The van der Waals surface area contributed by atoms with Gasteiger partial charge in [-0.3, -0.25) is 0 Å². The Morgan fingerprint density at radius 3 is 2.17 bits per heavy atom. The number of carbonyl (C=O) groups excluding carboxylic acids is 1. The molecule has 0 saturated carbocycles. The molecule has 2 aromatic rings. The molecule has 190 valence electrons. The van der Waals surface area contributed by atoms with Crippen LogP contribution in [0.2, 0.25) is 0 Å². The van der Waals surface area contributed by atoms with Crippen LogP contribution in [-0.2, 0) is 9.53 Å². The van der Waals surface area contributed by atoms with Crippen molar-refractivity contribution in [1.82, 2.24) is 0 Å². The molecule has 0 aliphatic carbocycles. The van der Waals surface area contributed by atoms with E-state index >= 15 is 0 Å². The highest BCUT2D eigenvalue weighted by Crippen LogP contribution is 2.16. The lowest BCUT2D eigenvalue weighted by Crippen LogP contribution is -2.22. The molecule has 0 N–H and O–H groups in total. The summed E-state index contributed by atoms with van der Waals surface area (Å²) in [5, 5.41) is 0. The Bertz CT molecular complexity index is 874. The van der Waals surface area contributed by atoms with E-state index < -0.39 is 6.23 Å². The van der Waals surface area contributed by atoms with Crippen LogP contribution in [0.5, 0.6) is 5.75 Å². The number of hydrogen-bond donors (Lipinski definition) is 0. The minimum Gasteiger partial charge on any atom is -0.494 e. The van der Waals surface area contributed by atoms with E-state index in [2.05, 4.69) is 18.8 Å². The van der Waals surface area contributed by atoms with Crippen LogP contribution >= 0.6 is 0 Å². The predicted molar refractivity (Wildman–Crippen MR) is 147 cm³/mol. The third-order valence-corrected chi connectivity index (χ3v) is 6.10. The summed E-state index contributed by atoms with van der Waals surface area (Å²) >= 11 is 0. The molecular weight excluding hydrogens is 434 g/mol. The first kappa shape index (κ1) is 28.4. The Balaban J connectivity index is 1.77. The number of ether oxygens (including phenoxy) is 2. The fourth-order valence-electron chi connectivity index (χ4n) is 3.62. The smallest absolute Gasteiger partial charge is 0.332 e. The average Bonchev–Trinajstić information content (AvgIpc) is 2.89. The van der Waals surface area contributed by atoms with Crippen molar-refractivity contribution in [2.75, 3.05) is 6.61 Å². The van der Waals surface area contributed by atoms with Crippen molar-refractivity contribution >= 4 is 18.3 Å². The highest BCUT2D eigenvalue weighted by Gasteiger charge is 2.17. The molecule has 2 unspecified atom stereocenters. The molecule has 0 fully saturated rings. The van der Waals surface area contributed by atoms with Crippen molar-refractivity contribution in [2.24, 2.45) is 10.9 Å². The second-order valence-electron chi connectivity index (χ2n) is 9.13. The lowest BCUT2D eigenvalue weighted by Gasteiger charge is -2.18. The fraction of sp³-hybridized carbons (Fsp3) is 0.484. The zero-order valence-corrected chi connectivity index (χ0v) is 21.8. The lowest BCUT2D eigenvalue weighted by molar-refractivity contribution is -0.144. The molecule has 0 amide bonds. The summed E-state index contributed by atoms with van der Waals surface area (Å²) in [4.78, 5) is 16.9. The van der Waals surface area contributed by atoms with E-state index in [1.807, 2.05) is 61.5 Å². The van der Waals surface area contributed by atoms with Crippen molar-refractivity contribution in [1.29, 1.82) is 0 Å². The standard InChI is InChI=1S/C31H43NO3/c1-4-6-7-8-9-10-11-15-24-34-29-21-18-28(19-22-29)25-32-31(26(3)5-2)35-30(33)23-20-27-16-13-12-14-17-27/h12-14,16-23,25-26,31H,4-11,15,24H2,1-3H3. The Morgan fingerprint density at radius 2 is 1.51 bits per heavy atom. The van der Waals surface area contributed by atoms with Gasteiger partial charge in [0.1, 0.15) is 5.75 Å². The number of rotatable bonds is 17. The van der Waals surface area contributed by atoms with Crippen LogP contribution < -0.4 is 4.74 Å². The first-order valence-electron chi connectivity index (χ1n) is 13.3. The van der Waals surface area contributed by atoms with Gasteiger partial charge in [0.15, 0.2) is 6.23 Å². The highest BCUT2D eigenvalue weighted by atomic mass is 16.6. The van der Waals surface area contributed by atoms with Crippen LogP contribution in [0.1, 0.15) is 89.7 Å². The highest BCUT2D eigenvalue weighted by molar-refractivity contribution is 5.87. The number of unbranched alkanes of at least 4 members (excludes halogenated alkanes) is 7. The van der Waals surface area contributed by atoms with Crippen molar-refractivity contribution in [2.45, 2.75) is 84.8 Å². The number of aliphatic imine (C=N–C) groups is 1. The molecule has 2 aromatic carbocycles. The second-order valence-corrected chi connectivity index (χ2v) is 9.13. The Morgan fingerprint density at radius 1 is 0.857 bits per heavy atom. The normalized spacial score (nSPS) is 13.2. The minimum absolute atomic E-state index is 0.120. The van der Waals surface area contributed by atoms with Gasteiger partial charge < -0.3 is 9.47 Å². The molecule has 4 nitrogen and oxygen atoms in total. The van der Waals surface area contributed by atoms with E-state index in [-0.39, 0.29) is 11.9 Å². The Kier molecular flexibility index (Phi) is 14.2. The van der Waals surface area contributed by atoms with Gasteiger partial charge in [-0.05, 0) is 54.3 Å². The Hall–Kier alpha value is -2.88. The van der Waals surface area contributed by atoms with Crippen LogP contribution in [0, 0.1) is 5.92 Å². The second kappa shape index (κ2) is 17.5. The quantitative estimate of drug-likeness (QED) is 0.0997. The summed E-state index contributed by atoms with van der Waals surface area (Å²) in [6.07, 6.45) is 15.7. The number of benzene rings is 2.